The van der Waals surface area contributed by atoms with Crippen LogP contribution in [-0.4, -0.2) is 34.7 Å². The number of hydrogen-bond donors (Lipinski definition) is 1. The molecule has 0 spiro atoms. The quantitative estimate of drug-likeness (QED) is 0.240. The molecule has 28 heavy (non-hydrogen) atoms. The maximum atomic E-state index is 11.9. The zero-order valence-corrected chi connectivity index (χ0v) is 19.2. The topological polar surface area (TPSA) is 66.8 Å². The number of unbranched alkanes of at least 4 members (excludes halogenated alkanes) is 10. The van der Waals surface area contributed by atoms with Gasteiger partial charge in [0.15, 0.2) is 6.73 Å². The molecule has 162 valence electrons. The molecule has 0 saturated heterocycles. The van der Waals surface area contributed by atoms with Crippen LogP contribution in [0.25, 0.3) is 0 Å². The van der Waals surface area contributed by atoms with Crippen LogP contribution >= 0.6 is 17.0 Å². The molecule has 0 aliphatic carbocycles. The highest BCUT2D eigenvalue weighted by atomic mass is 79.9. The molecule has 1 heterocycles. The second kappa shape index (κ2) is 16.6. The number of carboxylic acids is 1. The van der Waals surface area contributed by atoms with Crippen LogP contribution in [0.2, 0.25) is 0 Å². The number of allylic oxidation sites excluding steroid dienone is 2. The van der Waals surface area contributed by atoms with Gasteiger partial charge in [0.05, 0.1) is 11.6 Å². The van der Waals surface area contributed by atoms with E-state index in [9.17, 15) is 9.59 Å². The van der Waals surface area contributed by atoms with Crippen LogP contribution in [0.4, 0.5) is 0 Å². The largest absolute Gasteiger partial charge is 0.478 e. The van der Waals surface area contributed by atoms with Crippen LogP contribution in [-0.2, 0) is 14.3 Å². The summed E-state index contributed by atoms with van der Waals surface area (Å²) in [5.74, 6) is -1.15. The van der Waals surface area contributed by atoms with E-state index >= 15 is 0 Å². The van der Waals surface area contributed by atoms with Gasteiger partial charge in [-0.1, -0.05) is 71.1 Å². The van der Waals surface area contributed by atoms with E-state index in [-0.39, 0.29) is 35.7 Å². The van der Waals surface area contributed by atoms with Gasteiger partial charge in [0.2, 0.25) is 0 Å². The molecule has 1 atom stereocenters. The Morgan fingerprint density at radius 2 is 1.54 bits per heavy atom. The summed E-state index contributed by atoms with van der Waals surface area (Å²) in [4.78, 5) is 24.7. The third-order valence-corrected chi connectivity index (χ3v) is 5.11. The van der Waals surface area contributed by atoms with Crippen LogP contribution in [0, 0.1) is 0 Å². The first-order valence-corrected chi connectivity index (χ1v) is 10.6. The van der Waals surface area contributed by atoms with Gasteiger partial charge in [0, 0.05) is 12.6 Å². The number of rotatable bonds is 15. The van der Waals surface area contributed by atoms with Crippen molar-refractivity contribution in [3.63, 3.8) is 0 Å². The molecule has 0 saturated carbocycles. The first-order chi connectivity index (χ1) is 13.1. The Hall–Kier alpha value is -1.30. The van der Waals surface area contributed by atoms with Crippen molar-refractivity contribution in [2.45, 2.75) is 96.9 Å². The van der Waals surface area contributed by atoms with Gasteiger partial charge in [-0.2, -0.15) is 0 Å². The third kappa shape index (κ3) is 11.5. The normalized spacial score (nSPS) is 15.7. The van der Waals surface area contributed by atoms with Crippen LogP contribution in [0.3, 0.4) is 0 Å². The SMILES string of the molecule is Br.CCCCCCCCCCCCCC(=O)OCN1C=CC=C(C(=O)O)C1C. The zero-order chi connectivity index (χ0) is 19.9. The fraction of sp³-hybridized carbons (Fsp3) is 0.727. The Morgan fingerprint density at radius 1 is 1.00 bits per heavy atom. The lowest BCUT2D eigenvalue weighted by Crippen LogP contribution is -2.36. The summed E-state index contributed by atoms with van der Waals surface area (Å²) < 4.78 is 5.29. The van der Waals surface area contributed by atoms with E-state index in [1.807, 2.05) is 0 Å². The van der Waals surface area contributed by atoms with Crippen molar-refractivity contribution in [3.05, 3.63) is 23.9 Å². The number of ether oxygens (including phenoxy) is 1. The summed E-state index contributed by atoms with van der Waals surface area (Å²) in [6.07, 6.45) is 19.2. The number of aliphatic carboxylic acids is 1. The van der Waals surface area contributed by atoms with E-state index in [1.54, 1.807) is 30.2 Å². The van der Waals surface area contributed by atoms with Crippen LogP contribution in [0.15, 0.2) is 23.9 Å². The average Bonchev–Trinajstić information content (AvgIpc) is 2.65. The minimum atomic E-state index is -0.941. The van der Waals surface area contributed by atoms with Crippen molar-refractivity contribution in [3.8, 4) is 0 Å². The summed E-state index contributed by atoms with van der Waals surface area (Å²) in [5, 5.41) is 9.14. The van der Waals surface area contributed by atoms with Gasteiger partial charge in [-0.25, -0.2) is 4.79 Å². The summed E-state index contributed by atoms with van der Waals surface area (Å²) >= 11 is 0. The first-order valence-electron chi connectivity index (χ1n) is 10.6. The van der Waals surface area contributed by atoms with Crippen LogP contribution in [0.1, 0.15) is 90.9 Å². The van der Waals surface area contributed by atoms with E-state index in [0.29, 0.717) is 12.0 Å². The first kappa shape index (κ1) is 26.7. The van der Waals surface area contributed by atoms with Crippen molar-refractivity contribution in [1.82, 2.24) is 4.90 Å². The van der Waals surface area contributed by atoms with Crippen LogP contribution < -0.4 is 0 Å². The second-order valence-electron chi connectivity index (χ2n) is 7.39. The van der Waals surface area contributed by atoms with Gasteiger partial charge in [0.1, 0.15) is 0 Å². The van der Waals surface area contributed by atoms with E-state index in [4.69, 9.17) is 9.84 Å². The fourth-order valence-corrected chi connectivity index (χ4v) is 3.26. The average molecular weight is 460 g/mol. The maximum Gasteiger partial charge on any atom is 0.333 e. The number of esters is 1. The third-order valence-electron chi connectivity index (χ3n) is 5.11. The molecule has 6 heteroatoms. The van der Waals surface area contributed by atoms with Crippen molar-refractivity contribution in [2.24, 2.45) is 0 Å². The molecule has 1 aliphatic rings. The standard InChI is InChI=1S/C22H37NO4.BrH/c1-3-4-5-6-7-8-9-10-11-12-13-16-21(24)27-18-23-17-14-15-20(19(23)2)22(25)26;/h14-15,17,19H,3-13,16,18H2,1-2H3,(H,25,26);1H. The highest BCUT2D eigenvalue weighted by Gasteiger charge is 2.23. The predicted molar refractivity (Wildman–Crippen MR) is 119 cm³/mol. The predicted octanol–water partition coefficient (Wildman–Crippen LogP) is 5.99. The van der Waals surface area contributed by atoms with E-state index < -0.39 is 5.97 Å². The van der Waals surface area contributed by atoms with Gasteiger partial charge < -0.3 is 14.7 Å². The number of hydrogen-bond acceptors (Lipinski definition) is 4. The molecule has 0 aromatic rings. The van der Waals surface area contributed by atoms with Crippen LogP contribution in [0.5, 0.6) is 0 Å². The number of carbonyl (C=O) groups is 2. The Morgan fingerprint density at radius 3 is 2.07 bits per heavy atom. The van der Waals surface area contributed by atoms with Gasteiger partial charge in [-0.3, -0.25) is 4.79 Å². The maximum absolute atomic E-state index is 11.9. The van der Waals surface area contributed by atoms with Gasteiger partial charge in [-0.05, 0) is 25.5 Å². The molecule has 0 bridgehead atoms. The van der Waals surface area contributed by atoms with E-state index in [2.05, 4.69) is 6.92 Å². The highest BCUT2D eigenvalue weighted by molar-refractivity contribution is 8.93. The molecule has 5 nitrogen and oxygen atoms in total. The summed E-state index contributed by atoms with van der Waals surface area (Å²) in [5.41, 5.74) is 0.305. The lowest BCUT2D eigenvalue weighted by atomic mass is 10.1. The summed E-state index contributed by atoms with van der Waals surface area (Å²) in [6.45, 7) is 4.13. The molecular formula is C22H38BrNO4. The Labute approximate surface area is 181 Å². The second-order valence-corrected chi connectivity index (χ2v) is 7.39. The molecule has 0 radical (unpaired) electrons. The van der Waals surface area contributed by atoms with Gasteiger partial charge in [0.25, 0.3) is 0 Å². The van der Waals surface area contributed by atoms with E-state index in [0.717, 1.165) is 12.8 Å². The Bertz CT molecular complexity index is 505. The molecule has 0 amide bonds. The van der Waals surface area contributed by atoms with Gasteiger partial charge in [-0.15, -0.1) is 17.0 Å². The number of nitrogens with zero attached hydrogens (tertiary/aromatic N) is 1. The lowest BCUT2D eigenvalue weighted by molar-refractivity contribution is -0.148. The minimum Gasteiger partial charge on any atom is -0.478 e. The lowest BCUT2D eigenvalue weighted by Gasteiger charge is -2.29. The van der Waals surface area contributed by atoms with Crippen molar-refractivity contribution >= 4 is 28.9 Å². The molecule has 1 rings (SSSR count). The number of halogens is 1. The number of carboxylic acid groups (broad SMARTS) is 1. The van der Waals surface area contributed by atoms with Crippen molar-refractivity contribution < 1.29 is 19.4 Å². The minimum absolute atomic E-state index is 0. The molecule has 1 unspecified atom stereocenters. The zero-order valence-electron chi connectivity index (χ0n) is 17.5. The number of carbonyl (C=O) groups excluding carboxylic acids is 1. The molecule has 1 aliphatic heterocycles. The molecular weight excluding hydrogens is 422 g/mol. The highest BCUT2D eigenvalue weighted by Crippen LogP contribution is 2.17. The smallest absolute Gasteiger partial charge is 0.333 e. The monoisotopic (exact) mass is 459 g/mol. The van der Waals surface area contributed by atoms with Gasteiger partial charge >= 0.3 is 11.9 Å². The fourth-order valence-electron chi connectivity index (χ4n) is 3.26. The van der Waals surface area contributed by atoms with E-state index in [1.165, 1.54) is 57.8 Å². The molecule has 1 N–H and O–H groups in total. The van der Waals surface area contributed by atoms with Crippen molar-refractivity contribution in [2.75, 3.05) is 6.73 Å². The Kier molecular flexibility index (Phi) is 15.9. The summed E-state index contributed by atoms with van der Waals surface area (Å²) in [6, 6.07) is -0.303. The van der Waals surface area contributed by atoms with Crippen molar-refractivity contribution in [1.29, 1.82) is 0 Å². The summed E-state index contributed by atoms with van der Waals surface area (Å²) in [7, 11) is 0. The Balaban J connectivity index is 0.00000729. The molecule has 0 aromatic heterocycles. The molecule has 0 fully saturated rings. The molecule has 0 aromatic carbocycles.